The Balaban J connectivity index is 1.53. The van der Waals surface area contributed by atoms with Gasteiger partial charge in [0.2, 0.25) is 15.9 Å². The Bertz CT molecular complexity index is 511. The highest BCUT2D eigenvalue weighted by Crippen LogP contribution is 2.42. The number of carbonyl (C=O) groups excluding carboxylic acids is 1. The molecule has 1 aliphatic heterocycles. The van der Waals surface area contributed by atoms with Crippen LogP contribution >= 0.6 is 0 Å². The van der Waals surface area contributed by atoms with Gasteiger partial charge in [0.1, 0.15) is 0 Å². The summed E-state index contributed by atoms with van der Waals surface area (Å²) in [6, 6.07) is 0. The van der Waals surface area contributed by atoms with Crippen molar-refractivity contribution in [1.29, 1.82) is 0 Å². The molecule has 0 aromatic heterocycles. The van der Waals surface area contributed by atoms with Crippen molar-refractivity contribution in [3.8, 4) is 0 Å². The Kier molecular flexibility index (Phi) is 5.28. The van der Waals surface area contributed by atoms with Crippen LogP contribution in [0.3, 0.4) is 0 Å². The van der Waals surface area contributed by atoms with Crippen LogP contribution in [-0.2, 0) is 19.6 Å². The first-order valence-corrected chi connectivity index (χ1v) is 10.4. The highest BCUT2D eigenvalue weighted by atomic mass is 32.2. The highest BCUT2D eigenvalue weighted by Gasteiger charge is 2.39. The maximum atomic E-state index is 12.4. The number of amides is 1. The third kappa shape index (κ3) is 4.67. The van der Waals surface area contributed by atoms with E-state index in [4.69, 9.17) is 4.74 Å². The molecule has 0 radical (unpaired) electrons. The number of ether oxygens (including phenoxy) is 1. The topological polar surface area (TPSA) is 92.7 Å². The number of nitrogens with one attached hydrogen (secondary N) is 1. The minimum atomic E-state index is -3.64. The number of hydrogen-bond acceptors (Lipinski definition) is 5. The fraction of sp³-hybridized carbons (Fsp3) is 0.938. The molecule has 2 aliphatic carbocycles. The molecule has 132 valence electrons. The molecule has 0 spiro atoms. The Morgan fingerprint density at radius 2 is 1.78 bits per heavy atom. The van der Waals surface area contributed by atoms with Crippen molar-refractivity contribution >= 4 is 15.9 Å². The van der Waals surface area contributed by atoms with Gasteiger partial charge in [0.15, 0.2) is 0 Å². The zero-order valence-electron chi connectivity index (χ0n) is 13.4. The molecule has 3 unspecified atom stereocenters. The second kappa shape index (κ2) is 7.07. The summed E-state index contributed by atoms with van der Waals surface area (Å²) in [6.45, 7) is 0.600. The van der Waals surface area contributed by atoms with Crippen LogP contribution in [0, 0.1) is 17.8 Å². The summed E-state index contributed by atoms with van der Waals surface area (Å²) in [5, 5.41) is 9.80. The Morgan fingerprint density at radius 3 is 2.39 bits per heavy atom. The SMILES string of the molecule is O=C(NS(=O)(=O)CC1CCCCO1)C1C[C@H]2CC(O)C[C@@H](C1)C2. The van der Waals surface area contributed by atoms with Crippen LogP contribution in [0.15, 0.2) is 0 Å². The highest BCUT2D eigenvalue weighted by molar-refractivity contribution is 7.90. The van der Waals surface area contributed by atoms with E-state index in [0.717, 1.165) is 38.5 Å². The second-order valence-electron chi connectivity index (χ2n) is 7.50. The second-order valence-corrected chi connectivity index (χ2v) is 9.26. The normalized spacial score (nSPS) is 38.0. The van der Waals surface area contributed by atoms with E-state index < -0.39 is 10.0 Å². The molecule has 3 rings (SSSR count). The molecular weight excluding hydrogens is 318 g/mol. The van der Waals surface area contributed by atoms with E-state index >= 15 is 0 Å². The molecular formula is C16H27NO5S. The predicted molar refractivity (Wildman–Crippen MR) is 85.1 cm³/mol. The number of aliphatic hydroxyl groups excluding tert-OH is 1. The van der Waals surface area contributed by atoms with E-state index in [1.54, 1.807) is 0 Å². The standard InChI is InChI=1S/C16H27NO5S/c18-14-8-11-5-12(9-14)7-13(6-11)16(19)17-23(20,21)10-15-3-1-2-4-22-15/h11-15,18H,1-10H2,(H,17,19)/t11-,12+,13?,14?,15?. The maximum Gasteiger partial charge on any atom is 0.237 e. The van der Waals surface area contributed by atoms with Gasteiger partial charge in [-0.3, -0.25) is 9.52 Å². The predicted octanol–water partition coefficient (Wildman–Crippen LogP) is 1.19. The van der Waals surface area contributed by atoms with Gasteiger partial charge in [-0.05, 0) is 63.2 Å². The fourth-order valence-electron chi connectivity index (χ4n) is 4.49. The van der Waals surface area contributed by atoms with Crippen LogP contribution in [0.2, 0.25) is 0 Å². The summed E-state index contributed by atoms with van der Waals surface area (Å²) in [5.41, 5.74) is 0. The molecule has 1 saturated heterocycles. The van der Waals surface area contributed by atoms with Gasteiger partial charge in [-0.25, -0.2) is 8.42 Å². The van der Waals surface area contributed by atoms with Gasteiger partial charge < -0.3 is 9.84 Å². The number of hydrogen-bond donors (Lipinski definition) is 2. The van der Waals surface area contributed by atoms with Gasteiger partial charge in [0.05, 0.1) is 18.0 Å². The average Bonchev–Trinajstić information content (AvgIpc) is 2.45. The lowest BCUT2D eigenvalue weighted by atomic mass is 9.67. The number of sulfonamides is 1. The van der Waals surface area contributed by atoms with Crippen molar-refractivity contribution in [3.05, 3.63) is 0 Å². The molecule has 0 aromatic rings. The van der Waals surface area contributed by atoms with Crippen molar-refractivity contribution in [2.45, 2.75) is 63.6 Å². The minimum absolute atomic E-state index is 0.128. The zero-order chi connectivity index (χ0) is 16.4. The van der Waals surface area contributed by atoms with Crippen LogP contribution in [0.1, 0.15) is 51.4 Å². The maximum absolute atomic E-state index is 12.4. The lowest BCUT2D eigenvalue weighted by molar-refractivity contribution is -0.126. The first-order valence-electron chi connectivity index (χ1n) is 8.75. The molecule has 2 N–H and O–H groups in total. The summed E-state index contributed by atoms with van der Waals surface area (Å²) in [5.74, 6) is -0.0488. The molecule has 0 aromatic carbocycles. The zero-order valence-corrected chi connectivity index (χ0v) is 14.3. The first-order chi connectivity index (χ1) is 10.9. The van der Waals surface area contributed by atoms with Gasteiger partial charge in [0, 0.05) is 12.5 Å². The van der Waals surface area contributed by atoms with E-state index in [2.05, 4.69) is 4.72 Å². The molecule has 3 aliphatic rings. The molecule has 1 amide bonds. The summed E-state index contributed by atoms with van der Waals surface area (Å²) in [4.78, 5) is 12.4. The average molecular weight is 345 g/mol. The van der Waals surface area contributed by atoms with E-state index in [9.17, 15) is 18.3 Å². The van der Waals surface area contributed by atoms with Crippen LogP contribution in [0.25, 0.3) is 0 Å². The number of aliphatic hydroxyl groups is 1. The summed E-state index contributed by atoms with van der Waals surface area (Å²) in [7, 11) is -3.64. The molecule has 1 heterocycles. The lowest BCUT2D eigenvalue weighted by Gasteiger charge is -2.40. The van der Waals surface area contributed by atoms with Gasteiger partial charge in [0.25, 0.3) is 0 Å². The van der Waals surface area contributed by atoms with Gasteiger partial charge >= 0.3 is 0 Å². The molecule has 7 heteroatoms. The molecule has 5 atom stereocenters. The monoisotopic (exact) mass is 345 g/mol. The van der Waals surface area contributed by atoms with E-state index in [0.29, 0.717) is 31.3 Å². The molecule has 6 nitrogen and oxygen atoms in total. The van der Waals surface area contributed by atoms with Gasteiger partial charge in [-0.15, -0.1) is 0 Å². The summed E-state index contributed by atoms with van der Waals surface area (Å²) < 4.78 is 32.1. The smallest absolute Gasteiger partial charge is 0.237 e. The van der Waals surface area contributed by atoms with Crippen molar-refractivity contribution < 1.29 is 23.1 Å². The van der Waals surface area contributed by atoms with Crippen LogP contribution < -0.4 is 4.72 Å². The van der Waals surface area contributed by atoms with Crippen LogP contribution in [0.4, 0.5) is 0 Å². The minimum Gasteiger partial charge on any atom is -0.393 e. The molecule has 2 saturated carbocycles. The van der Waals surface area contributed by atoms with E-state index in [-0.39, 0.29) is 29.8 Å². The molecule has 3 fully saturated rings. The van der Waals surface area contributed by atoms with Crippen molar-refractivity contribution in [2.24, 2.45) is 17.8 Å². The summed E-state index contributed by atoms with van der Waals surface area (Å²) in [6.07, 6.45) is 6.05. The number of carbonyl (C=O) groups is 1. The number of fused-ring (bicyclic) bond motifs is 2. The first kappa shape index (κ1) is 17.2. The molecule has 23 heavy (non-hydrogen) atoms. The third-order valence-electron chi connectivity index (χ3n) is 5.42. The van der Waals surface area contributed by atoms with Gasteiger partial charge in [-0.2, -0.15) is 0 Å². The lowest BCUT2D eigenvalue weighted by Crippen LogP contribution is -2.44. The van der Waals surface area contributed by atoms with Crippen molar-refractivity contribution in [2.75, 3.05) is 12.4 Å². The Hall–Kier alpha value is -0.660. The van der Waals surface area contributed by atoms with E-state index in [1.165, 1.54) is 0 Å². The van der Waals surface area contributed by atoms with E-state index in [1.807, 2.05) is 0 Å². The van der Waals surface area contributed by atoms with Crippen molar-refractivity contribution in [1.82, 2.24) is 4.72 Å². The molecule has 2 bridgehead atoms. The largest absolute Gasteiger partial charge is 0.393 e. The van der Waals surface area contributed by atoms with Crippen LogP contribution in [0.5, 0.6) is 0 Å². The summed E-state index contributed by atoms with van der Waals surface area (Å²) >= 11 is 0. The van der Waals surface area contributed by atoms with Gasteiger partial charge in [-0.1, -0.05) is 0 Å². The van der Waals surface area contributed by atoms with Crippen LogP contribution in [-0.4, -0.2) is 44.0 Å². The Morgan fingerprint density at radius 1 is 1.09 bits per heavy atom. The fourth-order valence-corrected chi connectivity index (χ4v) is 5.80. The number of rotatable bonds is 4. The quantitative estimate of drug-likeness (QED) is 0.798. The third-order valence-corrected chi connectivity index (χ3v) is 6.74. The van der Waals surface area contributed by atoms with Crippen molar-refractivity contribution in [3.63, 3.8) is 0 Å². The Labute approximate surface area is 138 Å².